The highest BCUT2D eigenvalue weighted by Crippen LogP contribution is 2.26. The van der Waals surface area contributed by atoms with Crippen LogP contribution in [0.2, 0.25) is 5.02 Å². The van der Waals surface area contributed by atoms with Crippen molar-refractivity contribution in [1.82, 2.24) is 10.2 Å². The van der Waals surface area contributed by atoms with Crippen LogP contribution in [-0.2, 0) is 16.1 Å². The van der Waals surface area contributed by atoms with E-state index in [4.69, 9.17) is 16.3 Å². The molecular formula is C21H24BrClN2O3. The molecule has 0 spiro atoms. The van der Waals surface area contributed by atoms with E-state index in [0.717, 1.165) is 21.2 Å². The summed E-state index contributed by atoms with van der Waals surface area (Å²) in [6.45, 7) is 5.61. The van der Waals surface area contributed by atoms with Crippen molar-refractivity contribution in [1.29, 1.82) is 0 Å². The first kappa shape index (κ1) is 22.2. The van der Waals surface area contributed by atoms with Gasteiger partial charge in [-0.2, -0.15) is 0 Å². The Morgan fingerprint density at radius 3 is 2.29 bits per heavy atom. The van der Waals surface area contributed by atoms with Crippen molar-refractivity contribution in [3.63, 3.8) is 0 Å². The van der Waals surface area contributed by atoms with Gasteiger partial charge in [-0.1, -0.05) is 39.7 Å². The van der Waals surface area contributed by atoms with Gasteiger partial charge in [-0.15, -0.1) is 0 Å². The maximum atomic E-state index is 12.9. The Morgan fingerprint density at radius 1 is 1.18 bits per heavy atom. The monoisotopic (exact) mass is 466 g/mol. The second-order valence-electron chi connectivity index (χ2n) is 6.60. The topological polar surface area (TPSA) is 58.6 Å². The molecule has 2 rings (SSSR count). The predicted octanol–water partition coefficient (Wildman–Crippen LogP) is 4.26. The molecule has 150 valence electrons. The van der Waals surface area contributed by atoms with Crippen LogP contribution >= 0.6 is 27.5 Å². The summed E-state index contributed by atoms with van der Waals surface area (Å²) >= 11 is 9.58. The number of ether oxygens (including phenoxy) is 1. The standard InChI is InChI=1S/C21H24BrClN2O3/c1-13-9-18(10-14(2)20(13)23)28-12-19(26)25(15(3)21(27)24-4)11-16-5-7-17(22)8-6-16/h5-10,15H,11-12H2,1-4H3,(H,24,27). The summed E-state index contributed by atoms with van der Waals surface area (Å²) in [5, 5.41) is 3.28. The van der Waals surface area contributed by atoms with Crippen molar-refractivity contribution in [3.05, 3.63) is 62.6 Å². The molecule has 28 heavy (non-hydrogen) atoms. The molecular weight excluding hydrogens is 444 g/mol. The smallest absolute Gasteiger partial charge is 0.261 e. The van der Waals surface area contributed by atoms with Gasteiger partial charge in [0.1, 0.15) is 11.8 Å². The molecule has 0 bridgehead atoms. The number of rotatable bonds is 7. The zero-order chi connectivity index (χ0) is 20.8. The number of nitrogens with one attached hydrogen (secondary N) is 1. The minimum atomic E-state index is -0.626. The lowest BCUT2D eigenvalue weighted by Gasteiger charge is -2.28. The maximum absolute atomic E-state index is 12.9. The summed E-state index contributed by atoms with van der Waals surface area (Å²) in [7, 11) is 1.55. The highest BCUT2D eigenvalue weighted by molar-refractivity contribution is 9.10. The van der Waals surface area contributed by atoms with Crippen molar-refractivity contribution < 1.29 is 14.3 Å². The molecule has 0 aromatic heterocycles. The minimum absolute atomic E-state index is 0.168. The number of carbonyl (C=O) groups is 2. The van der Waals surface area contributed by atoms with Gasteiger partial charge < -0.3 is 15.0 Å². The normalized spacial score (nSPS) is 11.6. The quantitative estimate of drug-likeness (QED) is 0.662. The van der Waals surface area contributed by atoms with Crippen LogP contribution in [0.5, 0.6) is 5.75 Å². The van der Waals surface area contributed by atoms with Crippen molar-refractivity contribution >= 4 is 39.3 Å². The molecule has 0 aliphatic carbocycles. The second kappa shape index (κ2) is 9.94. The van der Waals surface area contributed by atoms with Gasteiger partial charge in [0, 0.05) is 23.1 Å². The molecule has 0 saturated heterocycles. The van der Waals surface area contributed by atoms with Crippen LogP contribution in [0.3, 0.4) is 0 Å². The number of aryl methyl sites for hydroxylation is 2. The van der Waals surface area contributed by atoms with Crippen LogP contribution in [0.4, 0.5) is 0 Å². The Kier molecular flexibility index (Phi) is 7.89. The number of nitrogens with zero attached hydrogens (tertiary/aromatic N) is 1. The first-order valence-corrected chi connectivity index (χ1v) is 10.0. The van der Waals surface area contributed by atoms with Gasteiger partial charge in [0.05, 0.1) is 0 Å². The Labute approximate surface area is 179 Å². The Morgan fingerprint density at radius 2 is 1.75 bits per heavy atom. The van der Waals surface area contributed by atoms with Crippen molar-refractivity contribution in [3.8, 4) is 5.75 Å². The maximum Gasteiger partial charge on any atom is 0.261 e. The van der Waals surface area contributed by atoms with E-state index in [1.54, 1.807) is 26.1 Å². The SMILES string of the molecule is CNC(=O)C(C)N(Cc1ccc(Br)cc1)C(=O)COc1cc(C)c(Cl)c(C)c1. The average Bonchev–Trinajstić information content (AvgIpc) is 2.68. The predicted molar refractivity (Wildman–Crippen MR) is 115 cm³/mol. The molecule has 0 radical (unpaired) electrons. The highest BCUT2D eigenvalue weighted by atomic mass is 79.9. The number of hydrogen-bond acceptors (Lipinski definition) is 3. The van der Waals surface area contributed by atoms with E-state index in [9.17, 15) is 9.59 Å². The van der Waals surface area contributed by atoms with Gasteiger partial charge in [-0.25, -0.2) is 0 Å². The van der Waals surface area contributed by atoms with E-state index in [1.165, 1.54) is 4.90 Å². The van der Waals surface area contributed by atoms with Gasteiger partial charge in [0.2, 0.25) is 5.91 Å². The van der Waals surface area contributed by atoms with Gasteiger partial charge in [0.25, 0.3) is 5.91 Å². The fourth-order valence-corrected chi connectivity index (χ4v) is 3.17. The average molecular weight is 468 g/mol. The van der Waals surface area contributed by atoms with Crippen LogP contribution in [0.25, 0.3) is 0 Å². The fraction of sp³-hybridized carbons (Fsp3) is 0.333. The summed E-state index contributed by atoms with van der Waals surface area (Å²) in [6.07, 6.45) is 0. The zero-order valence-electron chi connectivity index (χ0n) is 16.4. The molecule has 0 aliphatic heterocycles. The van der Waals surface area contributed by atoms with Crippen LogP contribution in [-0.4, -0.2) is 36.4 Å². The molecule has 5 nitrogen and oxygen atoms in total. The summed E-state index contributed by atoms with van der Waals surface area (Å²) in [5.74, 6) is 0.0665. The number of carbonyl (C=O) groups excluding carboxylic acids is 2. The Bertz CT molecular complexity index is 832. The van der Waals surface area contributed by atoms with Gasteiger partial charge in [-0.3, -0.25) is 9.59 Å². The third-order valence-electron chi connectivity index (χ3n) is 4.45. The summed E-state index contributed by atoms with van der Waals surface area (Å²) in [6, 6.07) is 10.6. The molecule has 1 N–H and O–H groups in total. The summed E-state index contributed by atoms with van der Waals surface area (Å²) in [4.78, 5) is 26.5. The van der Waals surface area contributed by atoms with Gasteiger partial charge in [-0.05, 0) is 61.7 Å². The number of benzene rings is 2. The first-order valence-electron chi connectivity index (χ1n) is 8.88. The third-order valence-corrected chi connectivity index (χ3v) is 5.58. The fourth-order valence-electron chi connectivity index (χ4n) is 2.80. The van der Waals surface area contributed by atoms with E-state index >= 15 is 0 Å². The van der Waals surface area contributed by atoms with Gasteiger partial charge in [0.15, 0.2) is 6.61 Å². The van der Waals surface area contributed by atoms with Crippen LogP contribution < -0.4 is 10.1 Å². The molecule has 0 heterocycles. The number of amides is 2. The molecule has 2 aromatic carbocycles. The Hall–Kier alpha value is -2.05. The summed E-state index contributed by atoms with van der Waals surface area (Å²) < 4.78 is 6.65. The first-order chi connectivity index (χ1) is 13.2. The number of halogens is 2. The molecule has 7 heteroatoms. The lowest BCUT2D eigenvalue weighted by molar-refractivity contribution is -0.142. The van der Waals surface area contributed by atoms with Crippen molar-refractivity contribution in [2.24, 2.45) is 0 Å². The molecule has 1 unspecified atom stereocenters. The van der Waals surface area contributed by atoms with E-state index < -0.39 is 6.04 Å². The summed E-state index contributed by atoms with van der Waals surface area (Å²) in [5.41, 5.74) is 2.69. The largest absolute Gasteiger partial charge is 0.484 e. The molecule has 0 saturated carbocycles. The minimum Gasteiger partial charge on any atom is -0.484 e. The van der Waals surface area contributed by atoms with Crippen molar-refractivity contribution in [2.45, 2.75) is 33.4 Å². The second-order valence-corrected chi connectivity index (χ2v) is 7.89. The van der Waals surface area contributed by atoms with Gasteiger partial charge >= 0.3 is 0 Å². The molecule has 0 fully saturated rings. The lowest BCUT2D eigenvalue weighted by atomic mass is 10.1. The third kappa shape index (κ3) is 5.72. The molecule has 2 amide bonds. The zero-order valence-corrected chi connectivity index (χ0v) is 18.7. The van der Waals surface area contributed by atoms with E-state index in [2.05, 4.69) is 21.2 Å². The number of likely N-dealkylation sites (N-methyl/N-ethyl adjacent to an activating group) is 1. The lowest BCUT2D eigenvalue weighted by Crippen LogP contribution is -2.48. The molecule has 0 aliphatic rings. The van der Waals surface area contributed by atoms with Crippen LogP contribution in [0, 0.1) is 13.8 Å². The number of hydrogen-bond donors (Lipinski definition) is 1. The van der Waals surface area contributed by atoms with E-state index in [0.29, 0.717) is 17.3 Å². The molecule has 2 aromatic rings. The molecule has 1 atom stereocenters. The van der Waals surface area contributed by atoms with Crippen LogP contribution in [0.15, 0.2) is 40.9 Å². The van der Waals surface area contributed by atoms with Crippen molar-refractivity contribution in [2.75, 3.05) is 13.7 Å². The van der Waals surface area contributed by atoms with E-state index in [-0.39, 0.29) is 18.4 Å². The van der Waals surface area contributed by atoms with Crippen LogP contribution in [0.1, 0.15) is 23.6 Å². The van der Waals surface area contributed by atoms with E-state index in [1.807, 2.05) is 38.1 Å². The Balaban J connectivity index is 2.16. The highest BCUT2D eigenvalue weighted by Gasteiger charge is 2.26.